The number of rotatable bonds is 3. The Morgan fingerprint density at radius 1 is 1.14 bits per heavy atom. The van der Waals surface area contributed by atoms with Gasteiger partial charge in [0.2, 0.25) is 0 Å². The van der Waals surface area contributed by atoms with Crippen LogP contribution in [0.15, 0.2) is 53.3 Å². The maximum atomic E-state index is 13.1. The number of fused-ring (bicyclic) bond motifs is 4. The molecule has 29 heavy (non-hydrogen) atoms. The van der Waals surface area contributed by atoms with Crippen LogP contribution in [0.3, 0.4) is 0 Å². The van der Waals surface area contributed by atoms with E-state index >= 15 is 0 Å². The van der Waals surface area contributed by atoms with Crippen LogP contribution in [0, 0.1) is 5.92 Å². The predicted molar refractivity (Wildman–Crippen MR) is 108 cm³/mol. The lowest BCUT2D eigenvalue weighted by Gasteiger charge is -2.42. The third-order valence-corrected chi connectivity index (χ3v) is 5.94. The number of nitrogens with one attached hydrogen (secondary N) is 1. The van der Waals surface area contributed by atoms with Crippen LogP contribution in [0.1, 0.15) is 28.5 Å². The van der Waals surface area contributed by atoms with Crippen LogP contribution in [0.2, 0.25) is 0 Å². The molecular weight excluding hydrogens is 368 g/mol. The van der Waals surface area contributed by atoms with Gasteiger partial charge in [0.1, 0.15) is 11.4 Å². The zero-order valence-corrected chi connectivity index (χ0v) is 16.2. The molecule has 1 aromatic carbocycles. The smallest absolute Gasteiger partial charge is 0.271 e. The van der Waals surface area contributed by atoms with Crippen molar-refractivity contribution in [1.29, 1.82) is 0 Å². The Kier molecular flexibility index (Phi) is 4.23. The number of pyridine rings is 1. The van der Waals surface area contributed by atoms with E-state index in [4.69, 9.17) is 4.74 Å². The molecule has 1 saturated heterocycles. The zero-order valence-electron chi connectivity index (χ0n) is 16.2. The second-order valence-electron chi connectivity index (χ2n) is 7.81. The van der Waals surface area contributed by atoms with E-state index in [0.29, 0.717) is 36.9 Å². The molecular formula is C22H22N4O3. The quantitative estimate of drug-likeness (QED) is 0.745. The third kappa shape index (κ3) is 3.12. The van der Waals surface area contributed by atoms with E-state index in [0.717, 1.165) is 23.4 Å². The first-order chi connectivity index (χ1) is 14.1. The van der Waals surface area contributed by atoms with Gasteiger partial charge in [-0.1, -0.05) is 18.2 Å². The van der Waals surface area contributed by atoms with Crippen molar-refractivity contribution < 1.29 is 9.53 Å². The maximum absolute atomic E-state index is 13.1. The Hall–Kier alpha value is -3.35. The number of amides is 1. The van der Waals surface area contributed by atoms with Crippen LogP contribution in [0.4, 0.5) is 0 Å². The molecule has 0 radical (unpaired) electrons. The number of ether oxygens (including phenoxy) is 1. The summed E-state index contributed by atoms with van der Waals surface area (Å²) in [6.07, 6.45) is 1.02. The van der Waals surface area contributed by atoms with Crippen LogP contribution in [-0.4, -0.2) is 45.8 Å². The van der Waals surface area contributed by atoms with Crippen LogP contribution in [-0.2, 0) is 6.54 Å². The number of benzene rings is 1. The minimum atomic E-state index is -0.0481. The van der Waals surface area contributed by atoms with Gasteiger partial charge in [0.05, 0.1) is 12.8 Å². The number of H-pyrrole nitrogens is 1. The van der Waals surface area contributed by atoms with Gasteiger partial charge in [-0.3, -0.25) is 14.7 Å². The number of methoxy groups -OCH3 is 1. The molecule has 2 aliphatic rings. The summed E-state index contributed by atoms with van der Waals surface area (Å²) in [4.78, 5) is 27.2. The number of piperidine rings is 1. The summed E-state index contributed by atoms with van der Waals surface area (Å²) < 4.78 is 7.14. The minimum Gasteiger partial charge on any atom is -0.497 e. The standard InChI is InChI=1S/C22H22N4O3/c1-29-17-5-2-4-15(9-17)18-10-19(24-23-18)22(28)25-11-14-8-16(13-25)20-6-3-7-21(27)26(20)12-14/h2-7,9-10,14,16H,8,11-13H2,1H3,(H,23,24)/t14-,16-/m1/s1. The van der Waals surface area contributed by atoms with Crippen molar-refractivity contribution in [3.05, 3.63) is 70.3 Å². The molecule has 2 atom stereocenters. The first-order valence-electron chi connectivity index (χ1n) is 9.81. The predicted octanol–water partition coefficient (Wildman–Crippen LogP) is 2.51. The minimum absolute atomic E-state index is 0.0481. The first kappa shape index (κ1) is 17.7. The monoisotopic (exact) mass is 390 g/mol. The van der Waals surface area contributed by atoms with E-state index < -0.39 is 0 Å². The Bertz CT molecular complexity index is 1130. The Morgan fingerprint density at radius 2 is 2.00 bits per heavy atom. The summed E-state index contributed by atoms with van der Waals surface area (Å²) in [7, 11) is 1.62. The van der Waals surface area contributed by atoms with Crippen LogP contribution >= 0.6 is 0 Å². The first-order valence-corrected chi connectivity index (χ1v) is 9.81. The molecule has 0 saturated carbocycles. The van der Waals surface area contributed by atoms with E-state index in [1.54, 1.807) is 19.2 Å². The number of likely N-dealkylation sites (tertiary alicyclic amines) is 1. The van der Waals surface area contributed by atoms with Crippen molar-refractivity contribution in [1.82, 2.24) is 19.7 Å². The molecule has 0 unspecified atom stereocenters. The second-order valence-corrected chi connectivity index (χ2v) is 7.81. The molecule has 7 nitrogen and oxygen atoms in total. The maximum Gasteiger partial charge on any atom is 0.271 e. The summed E-state index contributed by atoms with van der Waals surface area (Å²) in [5.74, 6) is 1.19. The molecule has 3 aromatic rings. The van der Waals surface area contributed by atoms with Gasteiger partial charge in [0.15, 0.2) is 0 Å². The lowest BCUT2D eigenvalue weighted by molar-refractivity contribution is 0.0588. The number of aromatic nitrogens is 3. The molecule has 4 heterocycles. The summed E-state index contributed by atoms with van der Waals surface area (Å²) in [6.45, 7) is 1.95. The molecule has 0 spiro atoms. The molecule has 7 heteroatoms. The number of nitrogens with zero attached hydrogens (tertiary/aromatic N) is 3. The zero-order chi connectivity index (χ0) is 20.0. The lowest BCUT2D eigenvalue weighted by Crippen LogP contribution is -2.49. The van der Waals surface area contributed by atoms with Gasteiger partial charge in [-0.05, 0) is 36.6 Å². The van der Waals surface area contributed by atoms with Gasteiger partial charge in [-0.15, -0.1) is 0 Å². The number of aromatic amines is 1. The highest BCUT2D eigenvalue weighted by Gasteiger charge is 2.36. The average Bonchev–Trinajstić information content (AvgIpc) is 3.24. The lowest BCUT2D eigenvalue weighted by atomic mass is 9.83. The largest absolute Gasteiger partial charge is 0.497 e. The molecule has 2 aromatic heterocycles. The van der Waals surface area contributed by atoms with Gasteiger partial charge in [0, 0.05) is 42.9 Å². The van der Waals surface area contributed by atoms with E-state index in [2.05, 4.69) is 10.2 Å². The van der Waals surface area contributed by atoms with Crippen LogP contribution in [0.5, 0.6) is 5.75 Å². The highest BCUT2D eigenvalue weighted by molar-refractivity contribution is 5.93. The number of carbonyl (C=O) groups excluding carboxylic acids is 1. The summed E-state index contributed by atoms with van der Waals surface area (Å²) in [6, 6.07) is 14.8. The fourth-order valence-electron chi connectivity index (χ4n) is 4.59. The van der Waals surface area contributed by atoms with Crippen molar-refractivity contribution in [3.63, 3.8) is 0 Å². The van der Waals surface area contributed by atoms with Gasteiger partial charge in [-0.25, -0.2) is 0 Å². The molecule has 1 amide bonds. The van der Waals surface area contributed by atoms with Gasteiger partial charge < -0.3 is 14.2 Å². The molecule has 1 N–H and O–H groups in total. The number of hydrogen-bond donors (Lipinski definition) is 1. The molecule has 1 fully saturated rings. The van der Waals surface area contributed by atoms with Crippen molar-refractivity contribution in [3.8, 4) is 17.0 Å². The van der Waals surface area contributed by atoms with Crippen molar-refractivity contribution >= 4 is 5.91 Å². The van der Waals surface area contributed by atoms with E-state index in [-0.39, 0.29) is 17.4 Å². The molecule has 0 aliphatic carbocycles. The van der Waals surface area contributed by atoms with Gasteiger partial charge >= 0.3 is 0 Å². The van der Waals surface area contributed by atoms with Crippen molar-refractivity contribution in [2.75, 3.05) is 20.2 Å². The van der Waals surface area contributed by atoms with E-state index in [9.17, 15) is 9.59 Å². The molecule has 2 aliphatic heterocycles. The second kappa shape index (κ2) is 6.92. The Balaban J connectivity index is 1.38. The van der Waals surface area contributed by atoms with Gasteiger partial charge in [0.25, 0.3) is 11.5 Å². The topological polar surface area (TPSA) is 80.2 Å². The fourth-order valence-corrected chi connectivity index (χ4v) is 4.59. The van der Waals surface area contributed by atoms with Crippen molar-refractivity contribution in [2.24, 2.45) is 5.92 Å². The number of hydrogen-bond acceptors (Lipinski definition) is 4. The SMILES string of the molecule is COc1cccc(-c2cc(C(=O)N3C[C@H]4C[C@H](C3)c3cccc(=O)n3C4)[nH]n2)c1. The highest BCUT2D eigenvalue weighted by Crippen LogP contribution is 2.35. The van der Waals surface area contributed by atoms with Gasteiger partial charge in [-0.2, -0.15) is 5.10 Å². The molecule has 148 valence electrons. The fraction of sp³-hybridized carbons (Fsp3) is 0.318. The summed E-state index contributed by atoms with van der Waals surface area (Å²) in [5.41, 5.74) is 3.17. The van der Waals surface area contributed by atoms with E-state index in [1.165, 1.54) is 0 Å². The Labute approximate surface area is 167 Å². The van der Waals surface area contributed by atoms with Crippen LogP contribution in [0.25, 0.3) is 11.3 Å². The highest BCUT2D eigenvalue weighted by atomic mass is 16.5. The van der Waals surface area contributed by atoms with Crippen molar-refractivity contribution in [2.45, 2.75) is 18.9 Å². The van der Waals surface area contributed by atoms with E-state index in [1.807, 2.05) is 45.9 Å². The summed E-state index contributed by atoms with van der Waals surface area (Å²) in [5, 5.41) is 7.22. The third-order valence-electron chi connectivity index (χ3n) is 5.94. The number of carbonyl (C=O) groups is 1. The Morgan fingerprint density at radius 3 is 2.86 bits per heavy atom. The molecule has 2 bridgehead atoms. The molecule has 5 rings (SSSR count). The normalized spacial score (nSPS) is 20.2. The average molecular weight is 390 g/mol. The summed E-state index contributed by atoms with van der Waals surface area (Å²) >= 11 is 0. The van der Waals surface area contributed by atoms with Crippen LogP contribution < -0.4 is 10.3 Å².